The van der Waals surface area contributed by atoms with E-state index in [2.05, 4.69) is 10.1 Å². The summed E-state index contributed by atoms with van der Waals surface area (Å²) in [5.74, 6) is -2.54. The molecule has 0 saturated heterocycles. The van der Waals surface area contributed by atoms with Gasteiger partial charge in [-0.05, 0) is 18.6 Å². The highest BCUT2D eigenvalue weighted by Crippen LogP contribution is 2.01. The van der Waals surface area contributed by atoms with Crippen LogP contribution >= 0.6 is 0 Å². The summed E-state index contributed by atoms with van der Waals surface area (Å²) in [5, 5.41) is 11.2. The molecule has 2 N–H and O–H groups in total. The molecule has 6 heteroatoms. The van der Waals surface area contributed by atoms with E-state index in [0.717, 1.165) is 5.56 Å². The van der Waals surface area contributed by atoms with Crippen LogP contribution in [0, 0.1) is 0 Å². The number of carboxylic acids is 1. The zero-order chi connectivity index (χ0) is 15.7. The maximum absolute atomic E-state index is 11.7. The third-order valence-corrected chi connectivity index (χ3v) is 2.52. The third kappa shape index (κ3) is 6.38. The summed E-state index contributed by atoms with van der Waals surface area (Å²) < 4.78 is 4.66. The number of esters is 1. The lowest BCUT2D eigenvalue weighted by atomic mass is 10.2. The lowest BCUT2D eigenvalue weighted by Gasteiger charge is -2.12. The molecule has 0 aliphatic carbocycles. The lowest BCUT2D eigenvalue weighted by Crippen LogP contribution is -2.41. The smallest absolute Gasteiger partial charge is 0.326 e. The van der Waals surface area contributed by atoms with Crippen molar-refractivity contribution in [1.82, 2.24) is 5.32 Å². The first-order valence-corrected chi connectivity index (χ1v) is 6.45. The zero-order valence-corrected chi connectivity index (χ0v) is 11.6. The number of carbonyl (C=O) groups excluding carboxylic acids is 2. The molecule has 1 amide bonds. The van der Waals surface area contributed by atoms with Crippen LogP contribution in [0.15, 0.2) is 36.4 Å². The fraction of sp³-hybridized carbons (Fsp3) is 0.267. The Labute approximate surface area is 122 Å². The third-order valence-electron chi connectivity index (χ3n) is 2.52. The monoisotopic (exact) mass is 291 g/mol. The van der Waals surface area contributed by atoms with Gasteiger partial charge in [-0.3, -0.25) is 9.59 Å². The fourth-order valence-electron chi connectivity index (χ4n) is 1.54. The van der Waals surface area contributed by atoms with E-state index in [9.17, 15) is 14.4 Å². The van der Waals surface area contributed by atoms with Gasteiger partial charge in [-0.15, -0.1) is 0 Å². The maximum Gasteiger partial charge on any atom is 0.326 e. The van der Waals surface area contributed by atoms with E-state index < -0.39 is 30.3 Å². The molecule has 0 heterocycles. The van der Waals surface area contributed by atoms with Gasteiger partial charge in [0.25, 0.3) is 0 Å². The van der Waals surface area contributed by atoms with Crippen LogP contribution in [0.25, 0.3) is 6.08 Å². The van der Waals surface area contributed by atoms with Gasteiger partial charge in [0.1, 0.15) is 6.04 Å². The molecular weight excluding hydrogens is 274 g/mol. The summed E-state index contributed by atoms with van der Waals surface area (Å²) in [4.78, 5) is 33.9. The molecule has 21 heavy (non-hydrogen) atoms. The highest BCUT2D eigenvalue weighted by Gasteiger charge is 2.23. The van der Waals surface area contributed by atoms with Crippen LogP contribution in [0.2, 0.25) is 0 Å². The molecule has 1 aromatic rings. The first-order valence-electron chi connectivity index (χ1n) is 6.45. The van der Waals surface area contributed by atoms with E-state index in [1.54, 1.807) is 25.1 Å². The molecule has 1 atom stereocenters. The normalized spacial score (nSPS) is 11.9. The van der Waals surface area contributed by atoms with Crippen LogP contribution in [0.3, 0.4) is 0 Å². The molecule has 0 bridgehead atoms. The molecule has 0 radical (unpaired) electrons. The average Bonchev–Trinajstić information content (AvgIpc) is 2.45. The van der Waals surface area contributed by atoms with Crippen molar-refractivity contribution in [3.63, 3.8) is 0 Å². The summed E-state index contributed by atoms with van der Waals surface area (Å²) >= 11 is 0. The van der Waals surface area contributed by atoms with E-state index in [4.69, 9.17) is 5.11 Å². The minimum atomic E-state index is -1.31. The predicted molar refractivity (Wildman–Crippen MR) is 76.3 cm³/mol. The summed E-state index contributed by atoms with van der Waals surface area (Å²) in [6.07, 6.45) is 2.36. The van der Waals surface area contributed by atoms with Gasteiger partial charge in [0.05, 0.1) is 13.0 Å². The van der Waals surface area contributed by atoms with Crippen LogP contribution < -0.4 is 5.32 Å². The molecule has 1 aromatic carbocycles. The zero-order valence-electron chi connectivity index (χ0n) is 11.6. The van der Waals surface area contributed by atoms with Gasteiger partial charge >= 0.3 is 11.9 Å². The Kier molecular flexibility index (Phi) is 6.67. The Balaban J connectivity index is 2.58. The van der Waals surface area contributed by atoms with E-state index in [1.165, 1.54) is 6.08 Å². The van der Waals surface area contributed by atoms with Gasteiger partial charge in [0, 0.05) is 6.08 Å². The fourth-order valence-corrected chi connectivity index (χ4v) is 1.54. The molecule has 0 spiro atoms. The Morgan fingerprint density at radius 2 is 1.95 bits per heavy atom. The van der Waals surface area contributed by atoms with E-state index >= 15 is 0 Å². The van der Waals surface area contributed by atoms with Crippen molar-refractivity contribution in [3.05, 3.63) is 42.0 Å². The molecule has 112 valence electrons. The first-order chi connectivity index (χ1) is 10.0. The average molecular weight is 291 g/mol. The topological polar surface area (TPSA) is 92.7 Å². The second-order valence-electron chi connectivity index (χ2n) is 4.15. The second kappa shape index (κ2) is 8.52. The highest BCUT2D eigenvalue weighted by molar-refractivity contribution is 5.95. The largest absolute Gasteiger partial charge is 0.480 e. The van der Waals surface area contributed by atoms with Gasteiger partial charge in [-0.25, -0.2) is 4.79 Å². The maximum atomic E-state index is 11.7. The summed E-state index contributed by atoms with van der Waals surface area (Å²) in [7, 11) is 0. The minimum absolute atomic E-state index is 0.160. The van der Waals surface area contributed by atoms with Crippen molar-refractivity contribution in [2.45, 2.75) is 19.4 Å². The van der Waals surface area contributed by atoms with Crippen molar-refractivity contribution < 1.29 is 24.2 Å². The molecule has 0 aliphatic heterocycles. The Bertz CT molecular complexity index is 524. The molecule has 0 aliphatic rings. The molecule has 6 nitrogen and oxygen atoms in total. The summed E-state index contributed by atoms with van der Waals surface area (Å²) in [5.41, 5.74) is 0.810. The number of hydrogen-bond acceptors (Lipinski definition) is 4. The Morgan fingerprint density at radius 3 is 2.52 bits per heavy atom. The predicted octanol–water partition coefficient (Wildman–Crippen LogP) is 1.22. The molecule has 0 fully saturated rings. The van der Waals surface area contributed by atoms with E-state index in [1.807, 2.05) is 18.2 Å². The SMILES string of the molecule is CCOC(=O)CC(NC(=O)C=Cc1ccccc1)C(=O)O. The molecule has 0 aromatic heterocycles. The Morgan fingerprint density at radius 1 is 1.29 bits per heavy atom. The van der Waals surface area contributed by atoms with Crippen molar-refractivity contribution >= 4 is 23.9 Å². The standard InChI is InChI=1S/C15H17NO5/c1-2-21-14(18)10-12(15(19)20)16-13(17)9-8-11-6-4-3-5-7-11/h3-9,12H,2,10H2,1H3,(H,16,17)(H,19,20). The van der Waals surface area contributed by atoms with Gasteiger partial charge in [0.15, 0.2) is 0 Å². The number of nitrogens with one attached hydrogen (secondary N) is 1. The number of carboxylic acid groups (broad SMARTS) is 1. The molecular formula is C15H17NO5. The molecule has 1 rings (SSSR count). The van der Waals surface area contributed by atoms with Gasteiger partial charge < -0.3 is 15.2 Å². The van der Waals surface area contributed by atoms with Crippen molar-refractivity contribution in [2.75, 3.05) is 6.61 Å². The van der Waals surface area contributed by atoms with Crippen LogP contribution in [-0.2, 0) is 19.1 Å². The number of hydrogen-bond donors (Lipinski definition) is 2. The van der Waals surface area contributed by atoms with Crippen molar-refractivity contribution in [1.29, 1.82) is 0 Å². The highest BCUT2D eigenvalue weighted by atomic mass is 16.5. The minimum Gasteiger partial charge on any atom is -0.480 e. The van der Waals surface area contributed by atoms with Crippen LogP contribution in [0.4, 0.5) is 0 Å². The molecule has 0 saturated carbocycles. The van der Waals surface area contributed by atoms with Gasteiger partial charge in [-0.2, -0.15) is 0 Å². The number of aliphatic carboxylic acids is 1. The number of ether oxygens (including phenoxy) is 1. The first kappa shape index (κ1) is 16.4. The van der Waals surface area contributed by atoms with Crippen LogP contribution in [-0.4, -0.2) is 35.6 Å². The number of benzene rings is 1. The number of carbonyl (C=O) groups is 3. The Hall–Kier alpha value is -2.63. The van der Waals surface area contributed by atoms with Crippen LogP contribution in [0.1, 0.15) is 18.9 Å². The van der Waals surface area contributed by atoms with E-state index in [-0.39, 0.29) is 6.61 Å². The lowest BCUT2D eigenvalue weighted by molar-refractivity contribution is -0.149. The van der Waals surface area contributed by atoms with Gasteiger partial charge in [-0.1, -0.05) is 30.3 Å². The van der Waals surface area contributed by atoms with Crippen LogP contribution in [0.5, 0.6) is 0 Å². The van der Waals surface area contributed by atoms with E-state index in [0.29, 0.717) is 0 Å². The number of amides is 1. The quantitative estimate of drug-likeness (QED) is 0.582. The molecule has 1 unspecified atom stereocenters. The van der Waals surface area contributed by atoms with Crippen molar-refractivity contribution in [3.8, 4) is 0 Å². The second-order valence-corrected chi connectivity index (χ2v) is 4.15. The van der Waals surface area contributed by atoms with Gasteiger partial charge in [0.2, 0.25) is 5.91 Å². The summed E-state index contributed by atoms with van der Waals surface area (Å²) in [6, 6.07) is 7.78. The number of rotatable bonds is 7. The van der Waals surface area contributed by atoms with Crippen molar-refractivity contribution in [2.24, 2.45) is 0 Å². The summed E-state index contributed by atoms with van der Waals surface area (Å²) in [6.45, 7) is 1.78.